The molecule has 3 atom stereocenters. The lowest BCUT2D eigenvalue weighted by Gasteiger charge is -2.49. The van der Waals surface area contributed by atoms with Gasteiger partial charge in [-0.1, -0.05) is 5.16 Å². The van der Waals surface area contributed by atoms with Crippen molar-refractivity contribution >= 4 is 53.2 Å². The molecule has 3 fully saturated rings. The third-order valence-corrected chi connectivity index (χ3v) is 9.02. The van der Waals surface area contributed by atoms with Crippen molar-refractivity contribution in [2.24, 2.45) is 5.16 Å². The number of fused-ring (bicyclic) bond motifs is 1. The molecular weight excluding hydrogens is 602 g/mol. The number of nitrogens with one attached hydrogen (secondary N) is 2. The number of rotatable bonds is 9. The van der Waals surface area contributed by atoms with E-state index in [1.54, 1.807) is 4.90 Å². The number of carbonyl (C=O) groups is 6. The average molecular weight is 632 g/mol. The molecule has 0 radical (unpaired) electrons. The number of thioether (sulfide) groups is 1. The van der Waals surface area contributed by atoms with Gasteiger partial charge in [0, 0.05) is 31.0 Å². The maximum absolute atomic E-state index is 13.2. The van der Waals surface area contributed by atoms with Gasteiger partial charge < -0.3 is 40.3 Å². The van der Waals surface area contributed by atoms with Gasteiger partial charge in [-0.3, -0.25) is 19.3 Å². The van der Waals surface area contributed by atoms with Gasteiger partial charge in [-0.25, -0.2) is 19.4 Å². The minimum atomic E-state index is -1.77. The van der Waals surface area contributed by atoms with Crippen LogP contribution in [0.3, 0.4) is 0 Å². The number of H-pyrrole nitrogens is 1. The van der Waals surface area contributed by atoms with Gasteiger partial charge in [-0.05, 0) is 38.3 Å². The minimum Gasteiger partial charge on any atom is -0.478 e. The first kappa shape index (κ1) is 30.6. The Kier molecular flexibility index (Phi) is 8.11. The normalized spacial score (nSPS) is 24.9. The topological polar surface area (TPSA) is 235 Å². The van der Waals surface area contributed by atoms with E-state index >= 15 is 0 Å². The summed E-state index contributed by atoms with van der Waals surface area (Å²) in [6, 6.07) is -1.39. The van der Waals surface area contributed by atoms with E-state index in [0.29, 0.717) is 31.5 Å². The van der Waals surface area contributed by atoms with Gasteiger partial charge in [0.15, 0.2) is 5.71 Å². The zero-order valence-electron chi connectivity index (χ0n) is 23.6. The molecule has 3 saturated heterocycles. The van der Waals surface area contributed by atoms with Crippen molar-refractivity contribution in [1.29, 1.82) is 0 Å². The summed E-state index contributed by atoms with van der Waals surface area (Å²) in [4.78, 5) is 90.0. The molecule has 5 heterocycles. The molecule has 234 valence electrons. The molecule has 4 amide bonds. The number of nitrogens with zero attached hydrogens (tertiary/aromatic N) is 5. The van der Waals surface area contributed by atoms with Crippen molar-refractivity contribution in [2.75, 3.05) is 25.4 Å². The first-order valence-corrected chi connectivity index (χ1v) is 14.5. The Hall–Kier alpha value is -4.87. The predicted molar refractivity (Wildman–Crippen MR) is 150 cm³/mol. The highest BCUT2D eigenvalue weighted by Crippen LogP contribution is 2.41. The highest BCUT2D eigenvalue weighted by molar-refractivity contribution is 8.00. The summed E-state index contributed by atoms with van der Waals surface area (Å²) in [6.07, 6.45) is 3.82. The second kappa shape index (κ2) is 11.7. The van der Waals surface area contributed by atoms with Crippen molar-refractivity contribution in [1.82, 2.24) is 30.0 Å². The largest absolute Gasteiger partial charge is 0.478 e. The highest BCUT2D eigenvalue weighted by Gasteiger charge is 2.54. The second-order valence-electron chi connectivity index (χ2n) is 10.9. The van der Waals surface area contributed by atoms with Crippen LogP contribution in [0.2, 0.25) is 0 Å². The molecule has 0 bridgehead atoms. The van der Waals surface area contributed by atoms with Crippen LogP contribution in [-0.2, 0) is 28.8 Å². The fourth-order valence-corrected chi connectivity index (χ4v) is 6.56. The second-order valence-corrected chi connectivity index (χ2v) is 12.0. The molecule has 5 rings (SSSR count). The summed E-state index contributed by atoms with van der Waals surface area (Å²) >= 11 is 1.20. The number of aromatic nitrogens is 2. The van der Waals surface area contributed by atoms with Crippen LogP contribution in [0.1, 0.15) is 32.4 Å². The van der Waals surface area contributed by atoms with Gasteiger partial charge in [0.25, 0.3) is 11.8 Å². The van der Waals surface area contributed by atoms with Crippen molar-refractivity contribution in [2.45, 2.75) is 49.7 Å². The first-order chi connectivity index (χ1) is 20.8. The number of aliphatic carboxylic acids is 2. The number of carbonyl (C=O) groups excluding carboxylic acids is 3. The van der Waals surface area contributed by atoms with Gasteiger partial charge in [0.1, 0.15) is 17.1 Å². The lowest BCUT2D eigenvalue weighted by molar-refractivity contribution is -0.161. The van der Waals surface area contributed by atoms with Crippen LogP contribution in [0.25, 0.3) is 0 Å². The molecule has 0 saturated carbocycles. The standard InChI is InChI=1S/C26H29N7O10S/c1-26(2,24(39)40)43-30-16(15-8-27-11-28-15)19(34)29-17-21(36)33-18(23(37)38)13(10-44-22(17)33)7-12-3-6-32(20(12)35)14-4-5-31(9-14)25(41)42/h7-8,11,14,17,22H,3-6,9-10H2,1-2H3,(H,27,28)(H,29,34)(H,37,38)(H,39,40)(H,41,42)/b12-7+,30-16-/t14?,17-,22?/m0/s1. The van der Waals surface area contributed by atoms with Crippen LogP contribution in [-0.4, -0.2) is 130 Å². The molecular formula is C26H29N7O10S. The van der Waals surface area contributed by atoms with Gasteiger partial charge in [0.05, 0.1) is 24.3 Å². The Morgan fingerprint density at radius 1 is 1.20 bits per heavy atom. The number of hydrogen-bond acceptors (Lipinski definition) is 10. The molecule has 5 N–H and O–H groups in total. The van der Waals surface area contributed by atoms with E-state index in [-0.39, 0.29) is 46.9 Å². The van der Waals surface area contributed by atoms with E-state index in [9.17, 15) is 44.1 Å². The third kappa shape index (κ3) is 5.59. The first-order valence-electron chi connectivity index (χ1n) is 13.5. The van der Waals surface area contributed by atoms with E-state index in [4.69, 9.17) is 4.84 Å². The maximum Gasteiger partial charge on any atom is 0.407 e. The summed E-state index contributed by atoms with van der Waals surface area (Å²) in [7, 11) is 0. The Labute approximate surface area is 253 Å². The zero-order valence-corrected chi connectivity index (χ0v) is 24.4. The smallest absolute Gasteiger partial charge is 0.407 e. The summed E-state index contributed by atoms with van der Waals surface area (Å²) in [6.45, 7) is 3.38. The summed E-state index contributed by atoms with van der Waals surface area (Å²) in [5, 5.41) is 34.0. The molecule has 18 heteroatoms. The number of oxime groups is 1. The van der Waals surface area contributed by atoms with Crippen LogP contribution in [0, 0.1) is 0 Å². The quantitative estimate of drug-likeness (QED) is 0.102. The molecule has 4 aliphatic rings. The van der Waals surface area contributed by atoms with Crippen LogP contribution in [0.5, 0.6) is 0 Å². The molecule has 44 heavy (non-hydrogen) atoms. The SMILES string of the molecule is CC(C)(O/N=C(\C(=O)N[C@H]1C(=O)N2C(C(=O)O)=C(/C=C3\CCN(C4CCN(C(=O)O)C4)C3=O)CSC12)c1cnc[nH]1)C(=O)O. The van der Waals surface area contributed by atoms with E-state index in [2.05, 4.69) is 20.4 Å². The number of allylic oxidation sites excluding steroid dienone is 1. The molecule has 0 aromatic carbocycles. The molecule has 0 spiro atoms. The lowest BCUT2D eigenvalue weighted by Crippen LogP contribution is -2.71. The lowest BCUT2D eigenvalue weighted by atomic mass is 10.0. The number of hydrogen-bond donors (Lipinski definition) is 5. The van der Waals surface area contributed by atoms with Crippen molar-refractivity contribution in [3.8, 4) is 0 Å². The number of amides is 4. The number of aromatic amines is 1. The summed E-state index contributed by atoms with van der Waals surface area (Å²) < 4.78 is 0. The molecule has 1 aromatic heterocycles. The van der Waals surface area contributed by atoms with Gasteiger partial charge in [-0.2, -0.15) is 0 Å². The molecule has 17 nitrogen and oxygen atoms in total. The van der Waals surface area contributed by atoms with E-state index in [1.165, 1.54) is 49.1 Å². The number of carboxylic acid groups (broad SMARTS) is 3. The van der Waals surface area contributed by atoms with Crippen molar-refractivity contribution < 1.29 is 48.9 Å². The summed E-state index contributed by atoms with van der Waals surface area (Å²) in [5.74, 6) is -4.45. The monoisotopic (exact) mass is 631 g/mol. The Bertz CT molecular complexity index is 1520. The Balaban J connectivity index is 1.32. The fraction of sp³-hybridized carbons (Fsp3) is 0.462. The number of likely N-dealkylation sites (tertiary alicyclic amines) is 2. The highest BCUT2D eigenvalue weighted by atomic mass is 32.2. The molecule has 4 aliphatic heterocycles. The zero-order chi connectivity index (χ0) is 31.9. The predicted octanol–water partition coefficient (Wildman–Crippen LogP) is -0.357. The molecule has 0 aliphatic carbocycles. The van der Waals surface area contributed by atoms with Gasteiger partial charge in [0.2, 0.25) is 11.5 Å². The maximum atomic E-state index is 13.2. The number of imidazole rings is 1. The molecule has 2 unspecified atom stereocenters. The molecule has 1 aromatic rings. The fourth-order valence-electron chi connectivity index (χ4n) is 5.26. The Morgan fingerprint density at radius 2 is 1.95 bits per heavy atom. The van der Waals surface area contributed by atoms with E-state index in [1.807, 2.05) is 0 Å². The van der Waals surface area contributed by atoms with Gasteiger partial charge in [-0.15, -0.1) is 11.8 Å². The third-order valence-electron chi connectivity index (χ3n) is 7.72. The van der Waals surface area contributed by atoms with Crippen LogP contribution in [0.4, 0.5) is 4.79 Å². The van der Waals surface area contributed by atoms with Gasteiger partial charge >= 0.3 is 18.0 Å². The number of β-lactam (4-membered cyclic amide) rings is 1. The van der Waals surface area contributed by atoms with Crippen LogP contribution >= 0.6 is 11.8 Å². The van der Waals surface area contributed by atoms with Crippen molar-refractivity contribution in [3.05, 3.63) is 41.1 Å². The van der Waals surface area contributed by atoms with E-state index < -0.39 is 46.9 Å². The van der Waals surface area contributed by atoms with E-state index in [0.717, 1.165) is 4.90 Å². The van der Waals surface area contributed by atoms with Crippen LogP contribution in [0.15, 0.2) is 40.6 Å². The minimum absolute atomic E-state index is 0.0900. The summed E-state index contributed by atoms with van der Waals surface area (Å²) in [5.41, 5.74) is -1.71. The number of carboxylic acids is 2. The average Bonchev–Trinajstić information content (AvgIpc) is 3.74. The Morgan fingerprint density at radius 3 is 2.57 bits per heavy atom. The van der Waals surface area contributed by atoms with Crippen LogP contribution < -0.4 is 5.32 Å². The van der Waals surface area contributed by atoms with Crippen molar-refractivity contribution in [3.63, 3.8) is 0 Å².